The predicted octanol–water partition coefficient (Wildman–Crippen LogP) is 5.64. The lowest BCUT2D eigenvalue weighted by molar-refractivity contribution is 0.107. The van der Waals surface area contributed by atoms with E-state index in [0.717, 1.165) is 16.7 Å². The molecule has 0 aliphatic heterocycles. The fraction of sp³-hybridized carbons (Fsp3) is 0.160. The number of anilines is 1. The summed E-state index contributed by atoms with van der Waals surface area (Å²) in [5.41, 5.74) is 3.15. The van der Waals surface area contributed by atoms with Crippen LogP contribution in [0.1, 0.15) is 34.7 Å². The van der Waals surface area contributed by atoms with E-state index in [-0.39, 0.29) is 11.7 Å². The summed E-state index contributed by atoms with van der Waals surface area (Å²) in [6.45, 7) is 2.52. The molecule has 10 heteroatoms. The van der Waals surface area contributed by atoms with Gasteiger partial charge >= 0.3 is 0 Å². The van der Waals surface area contributed by atoms with E-state index in [1.165, 1.54) is 6.33 Å². The molecule has 1 unspecified atom stereocenters. The minimum atomic E-state index is -0.668. The molecule has 5 aromatic rings. The number of halogens is 2. The van der Waals surface area contributed by atoms with Gasteiger partial charge in [-0.15, -0.1) is 0 Å². The van der Waals surface area contributed by atoms with Gasteiger partial charge < -0.3 is 14.6 Å². The predicted molar refractivity (Wildman–Crippen MR) is 136 cm³/mol. The molecule has 1 atom stereocenters. The number of hydrogen-bond donors (Lipinski definition) is 1. The lowest BCUT2D eigenvalue weighted by atomic mass is 10.1. The van der Waals surface area contributed by atoms with Gasteiger partial charge in [0, 0.05) is 5.39 Å². The number of fused-ring (bicyclic) bond motifs is 2. The fourth-order valence-corrected chi connectivity index (χ4v) is 4.37. The number of aromatic nitrogens is 5. The Balaban J connectivity index is 1.46. The van der Waals surface area contributed by atoms with Crippen molar-refractivity contribution >= 4 is 56.2 Å². The number of rotatable bonds is 7. The van der Waals surface area contributed by atoms with Gasteiger partial charge in [0.1, 0.15) is 23.3 Å². The molecule has 3 heterocycles. The number of nitrogens with one attached hydrogen (secondary N) is 1. The van der Waals surface area contributed by atoms with Crippen LogP contribution in [0.25, 0.3) is 21.9 Å². The molecule has 0 saturated carbocycles. The van der Waals surface area contributed by atoms with Gasteiger partial charge in [0.15, 0.2) is 11.5 Å². The third-order valence-corrected chi connectivity index (χ3v) is 6.22. The summed E-state index contributed by atoms with van der Waals surface area (Å²) >= 11 is 12.1. The Labute approximate surface area is 210 Å². The lowest BCUT2D eigenvalue weighted by Gasteiger charge is -2.16. The highest BCUT2D eigenvalue weighted by atomic mass is 35.5. The Morgan fingerprint density at radius 2 is 1.94 bits per heavy atom. The van der Waals surface area contributed by atoms with Crippen molar-refractivity contribution in [2.24, 2.45) is 0 Å². The molecule has 8 nitrogen and oxygen atoms in total. The number of benzene rings is 2. The summed E-state index contributed by atoms with van der Waals surface area (Å²) in [5.74, 6) is 1.36. The first-order valence-corrected chi connectivity index (χ1v) is 11.5. The molecule has 0 bridgehead atoms. The molecule has 35 heavy (non-hydrogen) atoms. The Bertz CT molecular complexity index is 1550. The van der Waals surface area contributed by atoms with Crippen LogP contribution < -0.4 is 10.1 Å². The van der Waals surface area contributed by atoms with Gasteiger partial charge in [-0.1, -0.05) is 35.9 Å². The van der Waals surface area contributed by atoms with Crippen molar-refractivity contribution in [3.63, 3.8) is 0 Å². The second-order valence-corrected chi connectivity index (χ2v) is 8.74. The summed E-state index contributed by atoms with van der Waals surface area (Å²) in [6, 6.07) is 14.8. The van der Waals surface area contributed by atoms with Gasteiger partial charge in [-0.25, -0.2) is 19.9 Å². The summed E-state index contributed by atoms with van der Waals surface area (Å²) in [7, 11) is 1.64. The van der Waals surface area contributed by atoms with Crippen molar-refractivity contribution in [1.82, 2.24) is 24.5 Å². The minimum Gasteiger partial charge on any atom is -0.497 e. The number of ether oxygens (including phenoxy) is 1. The van der Waals surface area contributed by atoms with Crippen LogP contribution >= 0.6 is 23.2 Å². The Kier molecular flexibility index (Phi) is 6.23. The maximum Gasteiger partial charge on any atom is 0.271 e. The van der Waals surface area contributed by atoms with E-state index >= 15 is 0 Å². The van der Waals surface area contributed by atoms with E-state index in [1.807, 2.05) is 54.0 Å². The lowest BCUT2D eigenvalue weighted by Crippen LogP contribution is -2.12. The summed E-state index contributed by atoms with van der Waals surface area (Å²) in [5, 5.41) is 4.41. The normalized spacial score (nSPS) is 12.1. The first kappa shape index (κ1) is 23.0. The van der Waals surface area contributed by atoms with E-state index in [1.54, 1.807) is 19.5 Å². The molecule has 0 spiro atoms. The number of carbonyl (C=O) groups excluding carboxylic acids is 1. The molecule has 0 radical (unpaired) electrons. The van der Waals surface area contributed by atoms with Crippen LogP contribution in [0, 0.1) is 0 Å². The molecule has 2 aromatic carbocycles. The maximum absolute atomic E-state index is 12.1. The first-order valence-electron chi connectivity index (χ1n) is 10.8. The van der Waals surface area contributed by atoms with Gasteiger partial charge in [0.25, 0.3) is 5.24 Å². The van der Waals surface area contributed by atoms with Crippen LogP contribution in [0.3, 0.4) is 0 Å². The Morgan fingerprint density at radius 3 is 2.69 bits per heavy atom. The molecule has 0 saturated heterocycles. The van der Waals surface area contributed by atoms with Crippen LogP contribution in [0.15, 0.2) is 61.2 Å². The number of pyridine rings is 1. The Hall–Kier alpha value is -3.75. The monoisotopic (exact) mass is 506 g/mol. The van der Waals surface area contributed by atoms with Gasteiger partial charge in [0.05, 0.1) is 36.7 Å². The SMILES string of the molecule is COc1ccc(Cn2cnc3c(NC(C)c4cc5cccc(Cl)c5c(C(=O)Cl)n4)ncnc32)cc1. The van der Waals surface area contributed by atoms with E-state index in [4.69, 9.17) is 27.9 Å². The van der Waals surface area contributed by atoms with E-state index in [2.05, 4.69) is 25.3 Å². The van der Waals surface area contributed by atoms with Gasteiger partial charge in [-0.2, -0.15) is 0 Å². The number of nitrogens with zero attached hydrogens (tertiary/aromatic N) is 5. The minimum absolute atomic E-state index is 0.120. The highest BCUT2D eigenvalue weighted by Gasteiger charge is 2.19. The molecule has 176 valence electrons. The van der Waals surface area contributed by atoms with E-state index in [9.17, 15) is 4.79 Å². The van der Waals surface area contributed by atoms with Crippen LogP contribution in [0.5, 0.6) is 5.75 Å². The molecular formula is C25H20Cl2N6O2. The van der Waals surface area contributed by atoms with Crippen molar-refractivity contribution < 1.29 is 9.53 Å². The highest BCUT2D eigenvalue weighted by Crippen LogP contribution is 2.30. The zero-order valence-electron chi connectivity index (χ0n) is 18.9. The molecule has 1 N–H and O–H groups in total. The van der Waals surface area contributed by atoms with Crippen LogP contribution in [0.4, 0.5) is 5.82 Å². The zero-order chi connectivity index (χ0) is 24.5. The average molecular weight is 507 g/mol. The van der Waals surface area contributed by atoms with Gasteiger partial charge in [-0.3, -0.25) is 4.79 Å². The average Bonchev–Trinajstić information content (AvgIpc) is 3.27. The van der Waals surface area contributed by atoms with Crippen molar-refractivity contribution in [2.45, 2.75) is 19.5 Å². The van der Waals surface area contributed by atoms with Crippen molar-refractivity contribution in [1.29, 1.82) is 0 Å². The standard InChI is InChI=1S/C25H20Cl2N6O2/c1-14(19-10-16-4-3-5-18(26)20(16)21(32-19)23(27)34)31-24-22-25(29-12-28-24)33(13-30-22)11-15-6-8-17(35-2)9-7-15/h3-10,12-14H,11H2,1-2H3,(H,28,29,31). The Morgan fingerprint density at radius 1 is 1.14 bits per heavy atom. The van der Waals surface area contributed by atoms with Crippen LogP contribution in [-0.4, -0.2) is 36.9 Å². The van der Waals surface area contributed by atoms with E-state index in [0.29, 0.717) is 39.6 Å². The number of hydrogen-bond acceptors (Lipinski definition) is 7. The third kappa shape index (κ3) is 4.50. The largest absolute Gasteiger partial charge is 0.497 e. The second-order valence-electron chi connectivity index (χ2n) is 7.99. The molecule has 0 aliphatic carbocycles. The smallest absolute Gasteiger partial charge is 0.271 e. The summed E-state index contributed by atoms with van der Waals surface area (Å²) < 4.78 is 7.18. The number of methoxy groups -OCH3 is 1. The molecule has 0 aliphatic rings. The molecule has 0 fully saturated rings. The summed E-state index contributed by atoms with van der Waals surface area (Å²) in [4.78, 5) is 30.0. The maximum atomic E-state index is 12.1. The summed E-state index contributed by atoms with van der Waals surface area (Å²) in [6.07, 6.45) is 3.23. The molecule has 0 amide bonds. The van der Waals surface area contributed by atoms with E-state index < -0.39 is 5.24 Å². The molecule has 5 rings (SSSR count). The fourth-order valence-electron chi connectivity index (χ4n) is 3.96. The first-order chi connectivity index (χ1) is 16.9. The second kappa shape index (κ2) is 9.48. The van der Waals surface area contributed by atoms with Crippen LogP contribution in [-0.2, 0) is 6.54 Å². The van der Waals surface area contributed by atoms with Gasteiger partial charge in [-0.05, 0) is 53.7 Å². The van der Waals surface area contributed by atoms with Crippen LogP contribution in [0.2, 0.25) is 5.02 Å². The van der Waals surface area contributed by atoms with Gasteiger partial charge in [0.2, 0.25) is 0 Å². The van der Waals surface area contributed by atoms with Crippen molar-refractivity contribution in [3.05, 3.63) is 83.2 Å². The van der Waals surface area contributed by atoms with Crippen molar-refractivity contribution in [3.8, 4) is 5.75 Å². The number of carbonyl (C=O) groups is 1. The van der Waals surface area contributed by atoms with Crippen molar-refractivity contribution in [2.75, 3.05) is 12.4 Å². The zero-order valence-corrected chi connectivity index (χ0v) is 20.4. The quantitative estimate of drug-likeness (QED) is 0.285. The third-order valence-electron chi connectivity index (χ3n) is 5.72. The highest BCUT2D eigenvalue weighted by molar-refractivity contribution is 6.68. The number of imidazole rings is 1. The molecule has 3 aromatic heterocycles. The topological polar surface area (TPSA) is 94.8 Å². The molecular weight excluding hydrogens is 487 g/mol.